The molecule has 2 heterocycles. The minimum atomic E-state index is 0.367. The van der Waals surface area contributed by atoms with Gasteiger partial charge >= 0.3 is 0 Å². The van der Waals surface area contributed by atoms with Gasteiger partial charge in [-0.1, -0.05) is 13.8 Å². The van der Waals surface area contributed by atoms with Crippen LogP contribution in [0, 0.1) is 0 Å². The van der Waals surface area contributed by atoms with E-state index in [-0.39, 0.29) is 0 Å². The van der Waals surface area contributed by atoms with Crippen LogP contribution >= 0.6 is 11.6 Å². The molecule has 0 amide bonds. The molecule has 0 atom stereocenters. The third-order valence-electron chi connectivity index (χ3n) is 2.40. The van der Waals surface area contributed by atoms with Gasteiger partial charge in [0.1, 0.15) is 5.82 Å². The first-order chi connectivity index (χ1) is 8.28. The SMILES string of the molecule is CCc1nc(CC)n(-c2cnc(CCl)cn2)n1. The highest BCUT2D eigenvalue weighted by Gasteiger charge is 2.10. The number of hydrogen-bond donors (Lipinski definition) is 0. The largest absolute Gasteiger partial charge is 0.254 e. The van der Waals surface area contributed by atoms with Gasteiger partial charge in [0.15, 0.2) is 11.6 Å². The highest BCUT2D eigenvalue weighted by Crippen LogP contribution is 2.08. The van der Waals surface area contributed by atoms with Gasteiger partial charge in [-0.05, 0) is 0 Å². The predicted molar refractivity (Wildman–Crippen MR) is 65.3 cm³/mol. The molecule has 0 N–H and O–H groups in total. The molecule has 0 unspecified atom stereocenters. The molecule has 0 spiro atoms. The number of halogens is 1. The van der Waals surface area contributed by atoms with Crippen molar-refractivity contribution >= 4 is 11.6 Å². The first-order valence-corrected chi connectivity index (χ1v) is 6.14. The van der Waals surface area contributed by atoms with Gasteiger partial charge < -0.3 is 0 Å². The van der Waals surface area contributed by atoms with Crippen molar-refractivity contribution in [2.45, 2.75) is 32.6 Å². The Labute approximate surface area is 105 Å². The molecule has 0 aromatic carbocycles. The second-order valence-electron chi connectivity index (χ2n) is 3.56. The van der Waals surface area contributed by atoms with Crippen molar-refractivity contribution in [1.82, 2.24) is 24.7 Å². The molecule has 0 aliphatic carbocycles. The van der Waals surface area contributed by atoms with E-state index in [4.69, 9.17) is 11.6 Å². The third kappa shape index (κ3) is 2.44. The van der Waals surface area contributed by atoms with Crippen molar-refractivity contribution in [2.75, 3.05) is 0 Å². The van der Waals surface area contributed by atoms with E-state index in [1.807, 2.05) is 13.8 Å². The van der Waals surface area contributed by atoms with Gasteiger partial charge in [0.05, 0.1) is 24.0 Å². The molecule has 0 saturated carbocycles. The Hall–Kier alpha value is -1.49. The molecule has 2 aromatic heterocycles. The van der Waals surface area contributed by atoms with Gasteiger partial charge in [-0.15, -0.1) is 16.7 Å². The van der Waals surface area contributed by atoms with Crippen LogP contribution in [0.2, 0.25) is 0 Å². The van der Waals surface area contributed by atoms with E-state index in [0.717, 1.165) is 30.2 Å². The lowest BCUT2D eigenvalue weighted by Gasteiger charge is -2.02. The minimum Gasteiger partial charge on any atom is -0.254 e. The molecule has 2 rings (SSSR count). The molecule has 2 aromatic rings. The standard InChI is InChI=1S/C11H14ClN5/c1-3-9-15-10(4-2)17(16-9)11-7-13-8(5-12)6-14-11/h6-7H,3-5H2,1-2H3. The first kappa shape index (κ1) is 12.0. The van der Waals surface area contributed by atoms with Crippen LogP contribution < -0.4 is 0 Å². The van der Waals surface area contributed by atoms with E-state index in [9.17, 15) is 0 Å². The predicted octanol–water partition coefficient (Wildman–Crippen LogP) is 1.92. The van der Waals surface area contributed by atoms with Crippen molar-refractivity contribution in [3.05, 3.63) is 29.7 Å². The quantitative estimate of drug-likeness (QED) is 0.779. The normalized spacial score (nSPS) is 10.8. The highest BCUT2D eigenvalue weighted by atomic mass is 35.5. The molecule has 0 saturated heterocycles. The van der Waals surface area contributed by atoms with Crippen LogP contribution in [-0.4, -0.2) is 24.7 Å². The van der Waals surface area contributed by atoms with Crippen molar-refractivity contribution < 1.29 is 0 Å². The van der Waals surface area contributed by atoms with Crippen LogP contribution in [0.5, 0.6) is 0 Å². The van der Waals surface area contributed by atoms with Crippen LogP contribution in [0.4, 0.5) is 0 Å². The smallest absolute Gasteiger partial charge is 0.174 e. The number of aromatic nitrogens is 5. The summed E-state index contributed by atoms with van der Waals surface area (Å²) in [5.41, 5.74) is 0.754. The number of rotatable bonds is 4. The molecule has 90 valence electrons. The topological polar surface area (TPSA) is 56.5 Å². The molecule has 17 heavy (non-hydrogen) atoms. The summed E-state index contributed by atoms with van der Waals surface area (Å²) >= 11 is 5.67. The summed E-state index contributed by atoms with van der Waals surface area (Å²) in [6.45, 7) is 4.07. The second-order valence-corrected chi connectivity index (χ2v) is 3.83. The zero-order valence-electron chi connectivity index (χ0n) is 9.89. The Morgan fingerprint density at radius 3 is 2.53 bits per heavy atom. The average Bonchev–Trinajstić information content (AvgIpc) is 2.82. The monoisotopic (exact) mass is 251 g/mol. The summed E-state index contributed by atoms with van der Waals surface area (Å²) in [4.78, 5) is 12.9. The number of hydrogen-bond acceptors (Lipinski definition) is 4. The minimum absolute atomic E-state index is 0.367. The highest BCUT2D eigenvalue weighted by molar-refractivity contribution is 6.16. The lowest BCUT2D eigenvalue weighted by Crippen LogP contribution is -2.05. The zero-order chi connectivity index (χ0) is 12.3. The molecular weight excluding hydrogens is 238 g/mol. The third-order valence-corrected chi connectivity index (χ3v) is 2.67. The van der Waals surface area contributed by atoms with E-state index in [0.29, 0.717) is 11.7 Å². The first-order valence-electron chi connectivity index (χ1n) is 5.60. The Kier molecular flexibility index (Phi) is 3.68. The van der Waals surface area contributed by atoms with Crippen LogP contribution in [0.25, 0.3) is 5.82 Å². The van der Waals surface area contributed by atoms with Crippen molar-refractivity contribution in [1.29, 1.82) is 0 Å². The molecule has 0 aliphatic heterocycles. The fraction of sp³-hybridized carbons (Fsp3) is 0.455. The second kappa shape index (κ2) is 5.23. The van der Waals surface area contributed by atoms with E-state index in [1.165, 1.54) is 0 Å². The maximum atomic E-state index is 5.67. The Balaban J connectivity index is 2.40. The van der Waals surface area contributed by atoms with Crippen LogP contribution in [0.1, 0.15) is 31.2 Å². The lowest BCUT2D eigenvalue weighted by atomic mass is 10.4. The molecule has 5 nitrogen and oxygen atoms in total. The Bertz CT molecular complexity index is 491. The summed E-state index contributed by atoms with van der Waals surface area (Å²) in [5.74, 6) is 2.77. The van der Waals surface area contributed by atoms with Crippen LogP contribution in [0.15, 0.2) is 12.4 Å². The van der Waals surface area contributed by atoms with Gasteiger partial charge in [-0.25, -0.2) is 9.97 Å². The van der Waals surface area contributed by atoms with Gasteiger partial charge in [-0.2, -0.15) is 4.68 Å². The summed E-state index contributed by atoms with van der Waals surface area (Å²) in [6, 6.07) is 0. The molecule has 0 radical (unpaired) electrons. The van der Waals surface area contributed by atoms with Gasteiger partial charge in [-0.3, -0.25) is 4.98 Å². The molecule has 6 heteroatoms. The van der Waals surface area contributed by atoms with Crippen molar-refractivity contribution in [2.24, 2.45) is 0 Å². The van der Waals surface area contributed by atoms with E-state index in [1.54, 1.807) is 17.1 Å². The fourth-order valence-electron chi connectivity index (χ4n) is 1.48. The van der Waals surface area contributed by atoms with Crippen LogP contribution in [0.3, 0.4) is 0 Å². The molecule has 0 bridgehead atoms. The Morgan fingerprint density at radius 1 is 1.18 bits per heavy atom. The zero-order valence-corrected chi connectivity index (χ0v) is 10.6. The van der Waals surface area contributed by atoms with Crippen molar-refractivity contribution in [3.8, 4) is 5.82 Å². The Morgan fingerprint density at radius 2 is 2.00 bits per heavy atom. The van der Waals surface area contributed by atoms with Gasteiger partial charge in [0.25, 0.3) is 0 Å². The molecule has 0 aliphatic rings. The van der Waals surface area contributed by atoms with Crippen LogP contribution in [-0.2, 0) is 18.7 Å². The number of nitrogens with zero attached hydrogens (tertiary/aromatic N) is 5. The maximum Gasteiger partial charge on any atom is 0.174 e. The summed E-state index contributed by atoms with van der Waals surface area (Å²) in [5, 5.41) is 4.40. The van der Waals surface area contributed by atoms with Gasteiger partial charge in [0.2, 0.25) is 0 Å². The molecule has 0 fully saturated rings. The number of aryl methyl sites for hydroxylation is 2. The fourth-order valence-corrected chi connectivity index (χ4v) is 1.62. The van der Waals surface area contributed by atoms with E-state index >= 15 is 0 Å². The number of alkyl halides is 1. The average molecular weight is 252 g/mol. The molecular formula is C11H14ClN5. The summed E-state index contributed by atoms with van der Waals surface area (Å²) in [7, 11) is 0. The van der Waals surface area contributed by atoms with Crippen molar-refractivity contribution in [3.63, 3.8) is 0 Å². The lowest BCUT2D eigenvalue weighted by molar-refractivity contribution is 0.761. The maximum absolute atomic E-state index is 5.67. The van der Waals surface area contributed by atoms with E-state index in [2.05, 4.69) is 20.1 Å². The van der Waals surface area contributed by atoms with E-state index < -0.39 is 0 Å². The summed E-state index contributed by atoms with van der Waals surface area (Å²) < 4.78 is 1.74. The summed E-state index contributed by atoms with van der Waals surface area (Å²) in [6.07, 6.45) is 4.96. The van der Waals surface area contributed by atoms with Gasteiger partial charge in [0, 0.05) is 12.8 Å².